The van der Waals surface area contributed by atoms with E-state index in [0.29, 0.717) is 23.9 Å². The van der Waals surface area contributed by atoms with Crippen molar-refractivity contribution in [2.45, 2.75) is 49.8 Å². The molecule has 2 aromatic rings. The van der Waals surface area contributed by atoms with Gasteiger partial charge in [-0.15, -0.1) is 0 Å². The highest BCUT2D eigenvalue weighted by atomic mass is 16.3. The zero-order valence-corrected chi connectivity index (χ0v) is 14.2. The summed E-state index contributed by atoms with van der Waals surface area (Å²) in [6.07, 6.45) is 3.74. The fourth-order valence-electron chi connectivity index (χ4n) is 5.76. The van der Waals surface area contributed by atoms with Gasteiger partial charge in [-0.3, -0.25) is 4.90 Å². The molecule has 3 aliphatic rings. The molecule has 2 heteroatoms. The number of hydrogen-bond donors (Lipinski definition) is 1. The van der Waals surface area contributed by atoms with E-state index in [1.807, 2.05) is 6.07 Å². The lowest BCUT2D eigenvalue weighted by atomic mass is 9.69. The molecule has 3 heterocycles. The summed E-state index contributed by atoms with van der Waals surface area (Å²) in [6, 6.07) is 20.6. The molecule has 2 nitrogen and oxygen atoms in total. The number of aryl methyl sites for hydroxylation is 1. The van der Waals surface area contributed by atoms with Gasteiger partial charge in [0.15, 0.2) is 0 Å². The highest BCUT2D eigenvalue weighted by molar-refractivity contribution is 5.35. The van der Waals surface area contributed by atoms with Crippen LogP contribution in [0, 0.1) is 12.8 Å². The molecule has 3 saturated heterocycles. The molecule has 1 unspecified atom stereocenters. The molecular weight excluding hydrogens is 294 g/mol. The van der Waals surface area contributed by atoms with E-state index in [0.717, 1.165) is 12.1 Å². The molecule has 6 atom stereocenters. The van der Waals surface area contributed by atoms with Gasteiger partial charge in [0.2, 0.25) is 0 Å². The van der Waals surface area contributed by atoms with Gasteiger partial charge in [0.05, 0.1) is 0 Å². The molecule has 0 aliphatic carbocycles. The molecule has 0 radical (unpaired) electrons. The maximum atomic E-state index is 11.8. The maximum absolute atomic E-state index is 11.8. The predicted molar refractivity (Wildman–Crippen MR) is 95.9 cm³/mol. The lowest BCUT2D eigenvalue weighted by Gasteiger charge is -2.40. The number of rotatable bonds is 2. The third kappa shape index (κ3) is 1.96. The summed E-state index contributed by atoms with van der Waals surface area (Å²) >= 11 is 0. The van der Waals surface area contributed by atoms with Gasteiger partial charge in [0.1, 0.15) is 5.60 Å². The van der Waals surface area contributed by atoms with Gasteiger partial charge < -0.3 is 5.11 Å². The van der Waals surface area contributed by atoms with Gasteiger partial charge >= 0.3 is 0 Å². The van der Waals surface area contributed by atoms with Gasteiger partial charge in [0.25, 0.3) is 0 Å². The second-order valence-electron chi connectivity index (χ2n) is 8.04. The lowest BCUT2D eigenvalue weighted by Crippen LogP contribution is -2.42. The summed E-state index contributed by atoms with van der Waals surface area (Å²) in [4.78, 5) is 2.61. The summed E-state index contributed by atoms with van der Waals surface area (Å²) in [5, 5.41) is 11.8. The number of piperidine rings is 1. The van der Waals surface area contributed by atoms with E-state index in [-0.39, 0.29) is 0 Å². The average molecular weight is 319 g/mol. The monoisotopic (exact) mass is 319 g/mol. The van der Waals surface area contributed by atoms with Gasteiger partial charge in [-0.05, 0) is 43.2 Å². The van der Waals surface area contributed by atoms with Crippen molar-refractivity contribution >= 4 is 0 Å². The molecule has 0 spiro atoms. The van der Waals surface area contributed by atoms with Crippen molar-refractivity contribution in [3.05, 3.63) is 71.3 Å². The van der Waals surface area contributed by atoms with E-state index < -0.39 is 5.60 Å². The number of benzene rings is 2. The molecule has 2 aromatic carbocycles. The van der Waals surface area contributed by atoms with Crippen molar-refractivity contribution in [1.29, 1.82) is 0 Å². The number of hydrogen-bond acceptors (Lipinski definition) is 2. The number of nitrogens with zero attached hydrogens (tertiary/aromatic N) is 1. The molecule has 124 valence electrons. The summed E-state index contributed by atoms with van der Waals surface area (Å²) in [5.41, 5.74) is 3.11. The van der Waals surface area contributed by atoms with Crippen LogP contribution in [0.2, 0.25) is 0 Å². The molecule has 24 heavy (non-hydrogen) atoms. The average Bonchev–Trinajstić information content (AvgIpc) is 2.98. The van der Waals surface area contributed by atoms with E-state index >= 15 is 0 Å². The van der Waals surface area contributed by atoms with Crippen LogP contribution >= 0.6 is 0 Å². The minimum absolute atomic E-state index is 0.307. The molecule has 0 saturated carbocycles. The zero-order valence-electron chi connectivity index (χ0n) is 14.2. The van der Waals surface area contributed by atoms with Crippen molar-refractivity contribution in [3.8, 4) is 0 Å². The fraction of sp³-hybridized carbons (Fsp3) is 0.455. The van der Waals surface area contributed by atoms with Gasteiger partial charge in [-0.2, -0.15) is 0 Å². The Balaban J connectivity index is 1.61. The second-order valence-corrected chi connectivity index (χ2v) is 8.04. The Morgan fingerprint density at radius 1 is 1.00 bits per heavy atom. The quantitative estimate of drug-likeness (QED) is 0.909. The Kier molecular flexibility index (Phi) is 3.17. The minimum atomic E-state index is -0.712. The summed E-state index contributed by atoms with van der Waals surface area (Å²) in [7, 11) is 0. The van der Waals surface area contributed by atoms with Crippen molar-refractivity contribution in [2.24, 2.45) is 5.92 Å². The molecule has 0 aromatic heterocycles. The molecular formula is C22H25NO. The first-order chi connectivity index (χ1) is 11.7. The first-order valence-electron chi connectivity index (χ1n) is 9.27. The van der Waals surface area contributed by atoms with Crippen molar-refractivity contribution < 1.29 is 5.11 Å². The molecule has 3 fully saturated rings. The maximum Gasteiger partial charge on any atom is 0.107 e. The molecule has 3 aliphatic heterocycles. The SMILES string of the molecule is Cc1ccc([C@H]2C[C@@H]3CC[C@@H]4[C@H]2[C@@](O)(c2ccccc2)CN34)cc1. The highest BCUT2D eigenvalue weighted by Crippen LogP contribution is 2.58. The number of aliphatic hydroxyl groups is 1. The van der Waals surface area contributed by atoms with Crippen LogP contribution < -0.4 is 0 Å². The van der Waals surface area contributed by atoms with Crippen LogP contribution in [0.5, 0.6) is 0 Å². The molecule has 0 amide bonds. The molecule has 4 bridgehead atoms. The van der Waals surface area contributed by atoms with E-state index in [1.54, 1.807) is 0 Å². The standard InChI is InChI=1S/C22H25NO/c1-15-7-9-16(10-8-15)19-13-18-11-12-20-21(19)22(24,14-23(18)20)17-5-3-2-4-6-17/h2-10,18-21,24H,11-14H2,1H3/t18-,19+,20+,21-,22-/m0/s1. The van der Waals surface area contributed by atoms with E-state index in [9.17, 15) is 5.11 Å². The molecule has 5 rings (SSSR count). The first-order valence-corrected chi connectivity index (χ1v) is 9.27. The van der Waals surface area contributed by atoms with Crippen molar-refractivity contribution in [3.63, 3.8) is 0 Å². The van der Waals surface area contributed by atoms with Gasteiger partial charge in [-0.25, -0.2) is 0 Å². The van der Waals surface area contributed by atoms with Crippen LogP contribution in [-0.2, 0) is 5.60 Å². The lowest BCUT2D eigenvalue weighted by molar-refractivity contribution is -0.00438. The van der Waals surface area contributed by atoms with E-state index in [1.165, 1.54) is 30.4 Å². The van der Waals surface area contributed by atoms with Crippen LogP contribution in [0.25, 0.3) is 0 Å². The van der Waals surface area contributed by atoms with Crippen molar-refractivity contribution in [2.75, 3.05) is 6.54 Å². The summed E-state index contributed by atoms with van der Waals surface area (Å²) in [6.45, 7) is 2.95. The largest absolute Gasteiger partial charge is 0.383 e. The third-order valence-electron chi connectivity index (χ3n) is 6.82. The topological polar surface area (TPSA) is 23.5 Å². The smallest absolute Gasteiger partial charge is 0.107 e. The van der Waals surface area contributed by atoms with E-state index in [4.69, 9.17) is 0 Å². The predicted octanol–water partition coefficient (Wildman–Crippen LogP) is 3.83. The van der Waals surface area contributed by atoms with Crippen LogP contribution in [0.15, 0.2) is 54.6 Å². The minimum Gasteiger partial charge on any atom is -0.383 e. The van der Waals surface area contributed by atoms with Gasteiger partial charge in [-0.1, -0.05) is 60.2 Å². The van der Waals surface area contributed by atoms with Crippen LogP contribution in [0.3, 0.4) is 0 Å². The van der Waals surface area contributed by atoms with E-state index in [2.05, 4.69) is 60.4 Å². The molecule has 1 N–H and O–H groups in total. The fourth-order valence-corrected chi connectivity index (χ4v) is 5.76. The Morgan fingerprint density at radius 2 is 1.75 bits per heavy atom. The summed E-state index contributed by atoms with van der Waals surface area (Å²) < 4.78 is 0. The van der Waals surface area contributed by atoms with Crippen molar-refractivity contribution in [1.82, 2.24) is 4.90 Å². The summed E-state index contributed by atoms with van der Waals surface area (Å²) in [5.74, 6) is 0.772. The van der Waals surface area contributed by atoms with Crippen LogP contribution in [0.4, 0.5) is 0 Å². The van der Waals surface area contributed by atoms with Crippen LogP contribution in [-0.4, -0.2) is 28.6 Å². The van der Waals surface area contributed by atoms with Crippen LogP contribution in [0.1, 0.15) is 41.9 Å². The van der Waals surface area contributed by atoms with Gasteiger partial charge in [0, 0.05) is 24.5 Å². The Labute approximate surface area is 144 Å². The normalized spacial score (nSPS) is 40.0. The Hall–Kier alpha value is -1.64. The second kappa shape index (κ2) is 5.18. The Bertz CT molecular complexity index is 740. The first kappa shape index (κ1) is 14.7. The highest BCUT2D eigenvalue weighted by Gasteiger charge is 2.62. The zero-order chi connectivity index (χ0) is 16.3. The Morgan fingerprint density at radius 3 is 2.50 bits per heavy atom. The third-order valence-corrected chi connectivity index (χ3v) is 6.82.